The Balaban J connectivity index is 0.00000217. The molecule has 0 saturated carbocycles. The number of nitrogens with zero attached hydrogens (tertiary/aromatic N) is 3. The molecule has 0 radical (unpaired) electrons. The van der Waals surface area contributed by atoms with Crippen LogP contribution in [0.5, 0.6) is 0 Å². The van der Waals surface area contributed by atoms with Crippen molar-refractivity contribution in [1.29, 1.82) is 0 Å². The first-order chi connectivity index (χ1) is 17.7. The number of thiazole rings is 1. The fourth-order valence-electron chi connectivity index (χ4n) is 3.05. The molecule has 1 aliphatic rings. The number of hydrogen-bond donors (Lipinski definition) is 5. The lowest BCUT2D eigenvalue weighted by molar-refractivity contribution is -0.137. The molecular weight excluding hydrogens is 534 g/mol. The van der Waals surface area contributed by atoms with Crippen molar-refractivity contribution in [2.24, 2.45) is 16.6 Å². The number of hydrogen-bond acceptors (Lipinski definition) is 12. The van der Waals surface area contributed by atoms with Crippen LogP contribution in [0.2, 0.25) is 0 Å². The van der Waals surface area contributed by atoms with Crippen molar-refractivity contribution in [3.63, 3.8) is 0 Å². The minimum atomic E-state index is -0.815. The predicted octanol–water partition coefficient (Wildman–Crippen LogP) is 1.79. The van der Waals surface area contributed by atoms with Gasteiger partial charge in [0.15, 0.2) is 0 Å². The highest BCUT2D eigenvalue weighted by atomic mass is 32.2. The third-order valence-corrected chi connectivity index (χ3v) is 7.22. The molecule has 2 rings (SSSR count). The van der Waals surface area contributed by atoms with Crippen LogP contribution in [-0.2, 0) is 25.7 Å². The van der Waals surface area contributed by atoms with Crippen molar-refractivity contribution in [2.75, 3.05) is 24.6 Å². The predicted molar refractivity (Wildman–Crippen MR) is 153 cm³/mol. The second-order valence-electron chi connectivity index (χ2n) is 8.29. The van der Waals surface area contributed by atoms with E-state index in [9.17, 15) is 14.4 Å². The van der Waals surface area contributed by atoms with E-state index in [0.717, 1.165) is 0 Å². The number of thiol groups is 1. The Morgan fingerprint density at radius 2 is 2.05 bits per heavy atom. The summed E-state index contributed by atoms with van der Waals surface area (Å²) in [6, 6.07) is 0. The number of allylic oxidation sites excluding steroid dienone is 1. The van der Waals surface area contributed by atoms with Crippen LogP contribution in [0.25, 0.3) is 0 Å². The van der Waals surface area contributed by atoms with Gasteiger partial charge in [0.05, 0.1) is 19.5 Å². The first-order valence-corrected chi connectivity index (χ1v) is 14.5. The summed E-state index contributed by atoms with van der Waals surface area (Å²) in [5, 5.41) is 10.2. The number of nitrogens with one attached hydrogen (secondary N) is 2. The highest BCUT2D eigenvalue weighted by Crippen LogP contribution is 2.31. The average Bonchev–Trinajstić information content (AvgIpc) is 3.49. The van der Waals surface area contributed by atoms with E-state index in [1.165, 1.54) is 40.7 Å². The maximum atomic E-state index is 12.4. The minimum Gasteiger partial charge on any atom is -0.462 e. The lowest BCUT2D eigenvalue weighted by atomic mass is 10.1. The van der Waals surface area contributed by atoms with Crippen LogP contribution in [0.15, 0.2) is 22.3 Å². The van der Waals surface area contributed by atoms with Gasteiger partial charge in [-0.3, -0.25) is 19.4 Å². The Kier molecular flexibility index (Phi) is 15.3. The molecule has 0 aromatic carbocycles. The molecule has 14 heteroatoms. The number of ether oxygens (including phenoxy) is 1. The van der Waals surface area contributed by atoms with Crippen LogP contribution < -0.4 is 22.2 Å². The lowest BCUT2D eigenvalue weighted by Crippen LogP contribution is -2.43. The van der Waals surface area contributed by atoms with Crippen LogP contribution >= 0.6 is 35.7 Å². The molecule has 2 heterocycles. The van der Waals surface area contributed by atoms with Gasteiger partial charge in [0, 0.05) is 29.6 Å². The summed E-state index contributed by atoms with van der Waals surface area (Å²) >= 11 is 7.02. The summed E-state index contributed by atoms with van der Waals surface area (Å²) < 4.78 is 5.02. The molecule has 208 valence electrons. The monoisotopic (exact) mass is 573 g/mol. The van der Waals surface area contributed by atoms with Crippen molar-refractivity contribution >= 4 is 59.1 Å². The van der Waals surface area contributed by atoms with Crippen molar-refractivity contribution in [2.45, 2.75) is 65.1 Å². The maximum Gasteiger partial charge on any atom is 0.293 e. The van der Waals surface area contributed by atoms with E-state index in [2.05, 4.69) is 47.1 Å². The van der Waals surface area contributed by atoms with E-state index in [4.69, 9.17) is 16.3 Å². The highest BCUT2D eigenvalue weighted by molar-refractivity contribution is 8.14. The van der Waals surface area contributed by atoms with Gasteiger partial charge in [0.25, 0.3) is 6.47 Å². The van der Waals surface area contributed by atoms with Gasteiger partial charge in [-0.2, -0.15) is 12.6 Å². The average molecular weight is 574 g/mol. The van der Waals surface area contributed by atoms with Gasteiger partial charge in [-0.05, 0) is 26.0 Å². The second-order valence-corrected chi connectivity index (χ2v) is 10.6. The SMILES string of the molecule is CCC.CCNC(=O)C1(C)CSC(c2csc(CNC(=O)CC(CN(N)/C(=C\N)CCS)OC=O)n2)=N1. The number of carbonyl (C=O) groups excluding carboxylic acids is 3. The third kappa shape index (κ3) is 10.9. The second kappa shape index (κ2) is 17.3. The molecule has 6 N–H and O–H groups in total. The number of hydrazine groups is 1. The molecule has 0 bridgehead atoms. The van der Waals surface area contributed by atoms with Crippen LogP contribution in [0, 0.1) is 0 Å². The molecule has 0 aliphatic carbocycles. The summed E-state index contributed by atoms with van der Waals surface area (Å²) in [5.74, 6) is 6.64. The number of carbonyl (C=O) groups is 3. The summed E-state index contributed by atoms with van der Waals surface area (Å²) in [5.41, 5.74) is 6.06. The van der Waals surface area contributed by atoms with E-state index in [1.54, 1.807) is 6.92 Å². The standard InChI is InChI=1S/C20H31N7O4S3.C3H8/c1-3-23-19(30)20(2)11-34-18(26-20)15-10-33-17(25-15)8-24-16(29)6-14(31-12-28)9-27(22)13(7-21)4-5-32;1-3-2/h7,10,12,14,32H,3-6,8-9,11,21-22H2,1-2H3,(H,23,30)(H,24,29);3H2,1-2H3/b13-7-;. The van der Waals surface area contributed by atoms with Crippen molar-refractivity contribution in [1.82, 2.24) is 20.6 Å². The van der Waals surface area contributed by atoms with Crippen molar-refractivity contribution in [3.8, 4) is 0 Å². The third-order valence-electron chi connectivity index (χ3n) is 4.86. The van der Waals surface area contributed by atoms with Crippen LogP contribution in [0.3, 0.4) is 0 Å². The van der Waals surface area contributed by atoms with Gasteiger partial charge >= 0.3 is 0 Å². The Morgan fingerprint density at radius 1 is 1.35 bits per heavy atom. The molecule has 1 aromatic heterocycles. The number of aliphatic imine (C=N–C) groups is 1. The van der Waals surface area contributed by atoms with Crippen LogP contribution in [0.4, 0.5) is 0 Å². The Hall–Kier alpha value is -2.29. The summed E-state index contributed by atoms with van der Waals surface area (Å²) in [4.78, 5) is 44.7. The van der Waals surface area contributed by atoms with Crippen LogP contribution in [-0.4, -0.2) is 69.6 Å². The Labute approximate surface area is 232 Å². The number of aromatic nitrogens is 1. The number of amides is 2. The van der Waals surface area contributed by atoms with Gasteiger partial charge in [0.1, 0.15) is 27.4 Å². The molecule has 0 saturated heterocycles. The first-order valence-electron chi connectivity index (χ1n) is 12.0. The molecule has 0 spiro atoms. The molecule has 2 amide bonds. The van der Waals surface area contributed by atoms with Gasteiger partial charge < -0.3 is 26.1 Å². The summed E-state index contributed by atoms with van der Waals surface area (Å²) in [7, 11) is 0. The molecule has 11 nitrogen and oxygen atoms in total. The zero-order valence-electron chi connectivity index (χ0n) is 21.9. The zero-order valence-corrected chi connectivity index (χ0v) is 24.4. The quantitative estimate of drug-likeness (QED) is 0.0965. The zero-order chi connectivity index (χ0) is 27.8. The molecule has 1 aromatic rings. The highest BCUT2D eigenvalue weighted by Gasteiger charge is 2.38. The number of nitrogens with two attached hydrogens (primary N) is 2. The number of thioether (sulfide) groups is 1. The normalized spacial score (nSPS) is 17.7. The molecule has 1 aliphatic heterocycles. The number of likely N-dealkylation sites (N-methyl/N-ethyl adjacent to an activating group) is 1. The molecule has 2 unspecified atom stereocenters. The van der Waals surface area contributed by atoms with Crippen molar-refractivity contribution < 1.29 is 19.1 Å². The van der Waals surface area contributed by atoms with E-state index in [1.807, 2.05) is 12.3 Å². The van der Waals surface area contributed by atoms with Gasteiger partial charge in [-0.25, -0.2) is 10.8 Å². The molecule has 0 fully saturated rings. The lowest BCUT2D eigenvalue weighted by Gasteiger charge is -2.25. The Morgan fingerprint density at radius 3 is 2.65 bits per heavy atom. The maximum absolute atomic E-state index is 12.4. The first kappa shape index (κ1) is 32.7. The van der Waals surface area contributed by atoms with E-state index in [0.29, 0.717) is 45.9 Å². The smallest absolute Gasteiger partial charge is 0.293 e. The Bertz CT molecular complexity index is 941. The minimum absolute atomic E-state index is 0.0726. The largest absolute Gasteiger partial charge is 0.462 e. The van der Waals surface area contributed by atoms with Gasteiger partial charge in [0.2, 0.25) is 11.8 Å². The fraction of sp³-hybridized carbons (Fsp3) is 0.609. The van der Waals surface area contributed by atoms with Gasteiger partial charge in [-0.1, -0.05) is 20.3 Å². The number of rotatable bonds is 14. The summed E-state index contributed by atoms with van der Waals surface area (Å²) in [6.07, 6.45) is 2.33. The molecular formula is C23H39N7O4S3. The van der Waals surface area contributed by atoms with Crippen LogP contribution in [0.1, 0.15) is 57.7 Å². The fourth-order valence-corrected chi connectivity index (χ4v) is 5.20. The summed E-state index contributed by atoms with van der Waals surface area (Å²) in [6.45, 7) is 9.07. The molecule has 37 heavy (non-hydrogen) atoms. The van der Waals surface area contributed by atoms with Gasteiger partial charge in [-0.15, -0.1) is 23.1 Å². The van der Waals surface area contributed by atoms with E-state index >= 15 is 0 Å². The van der Waals surface area contributed by atoms with Crippen molar-refractivity contribution in [3.05, 3.63) is 28.0 Å². The molecule has 2 atom stereocenters. The van der Waals surface area contributed by atoms with E-state index < -0.39 is 11.6 Å². The topological polar surface area (TPSA) is 165 Å². The van der Waals surface area contributed by atoms with E-state index in [-0.39, 0.29) is 37.8 Å².